The van der Waals surface area contributed by atoms with Crippen LogP contribution in [0.3, 0.4) is 0 Å². The Hall–Kier alpha value is -1.88. The van der Waals surface area contributed by atoms with Gasteiger partial charge in [0.15, 0.2) is 0 Å². The smallest absolute Gasteiger partial charge is 0.227 e. The van der Waals surface area contributed by atoms with Crippen LogP contribution < -0.4 is 4.90 Å². The molecule has 0 bridgehead atoms. The van der Waals surface area contributed by atoms with Gasteiger partial charge in [-0.1, -0.05) is 24.3 Å². The molecule has 1 saturated heterocycles. The minimum atomic E-state index is -0.275. The Labute approximate surface area is 143 Å². The Morgan fingerprint density at radius 1 is 1.00 bits per heavy atom. The summed E-state index contributed by atoms with van der Waals surface area (Å²) in [7, 11) is 0. The van der Waals surface area contributed by atoms with Crippen LogP contribution in [0.5, 0.6) is 0 Å². The molecular weight excluding hydrogens is 359 g/mol. The predicted octanol–water partition coefficient (Wildman–Crippen LogP) is 3.48. The molecule has 0 aromatic heterocycles. The summed E-state index contributed by atoms with van der Waals surface area (Å²) in [6, 6.07) is 14.3. The Balaban J connectivity index is 1.57. The third-order valence-electron chi connectivity index (χ3n) is 4.09. The molecule has 0 aliphatic carbocycles. The van der Waals surface area contributed by atoms with E-state index in [-0.39, 0.29) is 11.7 Å². The second kappa shape index (κ2) is 7.13. The molecule has 3 rings (SSSR count). The summed E-state index contributed by atoms with van der Waals surface area (Å²) >= 11 is 3.57. The highest BCUT2D eigenvalue weighted by molar-refractivity contribution is 9.10. The molecule has 23 heavy (non-hydrogen) atoms. The topological polar surface area (TPSA) is 23.6 Å². The average Bonchev–Trinajstić information content (AvgIpc) is 2.57. The molecule has 120 valence electrons. The van der Waals surface area contributed by atoms with Crippen molar-refractivity contribution in [3.63, 3.8) is 0 Å². The lowest BCUT2D eigenvalue weighted by Crippen LogP contribution is -2.49. The first-order chi connectivity index (χ1) is 11.1. The van der Waals surface area contributed by atoms with Crippen molar-refractivity contribution in [2.75, 3.05) is 31.1 Å². The van der Waals surface area contributed by atoms with Gasteiger partial charge in [0, 0.05) is 30.7 Å². The lowest BCUT2D eigenvalue weighted by Gasteiger charge is -2.36. The summed E-state index contributed by atoms with van der Waals surface area (Å²) in [5.74, 6) is -0.174. The molecule has 1 amide bonds. The zero-order valence-corrected chi connectivity index (χ0v) is 14.3. The van der Waals surface area contributed by atoms with E-state index >= 15 is 0 Å². The van der Waals surface area contributed by atoms with Crippen molar-refractivity contribution in [1.82, 2.24) is 4.90 Å². The quantitative estimate of drug-likeness (QED) is 0.818. The summed E-state index contributed by atoms with van der Waals surface area (Å²) in [6.07, 6.45) is 0.329. The molecule has 3 nitrogen and oxygen atoms in total. The van der Waals surface area contributed by atoms with Crippen molar-refractivity contribution in [2.24, 2.45) is 0 Å². The van der Waals surface area contributed by atoms with Crippen LogP contribution in [0.2, 0.25) is 0 Å². The van der Waals surface area contributed by atoms with Crippen LogP contribution >= 0.6 is 15.9 Å². The Morgan fingerprint density at radius 2 is 1.65 bits per heavy atom. The highest BCUT2D eigenvalue weighted by Gasteiger charge is 2.22. The van der Waals surface area contributed by atoms with Crippen molar-refractivity contribution in [3.05, 3.63) is 64.4 Å². The zero-order valence-electron chi connectivity index (χ0n) is 12.7. The van der Waals surface area contributed by atoms with Gasteiger partial charge in [-0.15, -0.1) is 0 Å². The van der Waals surface area contributed by atoms with Gasteiger partial charge in [-0.2, -0.15) is 0 Å². The van der Waals surface area contributed by atoms with E-state index in [0.717, 1.165) is 28.8 Å². The Morgan fingerprint density at radius 3 is 2.30 bits per heavy atom. The fourth-order valence-electron chi connectivity index (χ4n) is 2.79. The maximum Gasteiger partial charge on any atom is 0.227 e. The maximum absolute atomic E-state index is 12.9. The van der Waals surface area contributed by atoms with Crippen LogP contribution in [0, 0.1) is 5.82 Å². The first-order valence-corrected chi connectivity index (χ1v) is 8.44. The van der Waals surface area contributed by atoms with Gasteiger partial charge in [0.05, 0.1) is 12.1 Å². The van der Waals surface area contributed by atoms with Crippen LogP contribution in [0.1, 0.15) is 5.56 Å². The van der Waals surface area contributed by atoms with E-state index in [4.69, 9.17) is 0 Å². The third kappa shape index (κ3) is 3.91. The molecule has 0 saturated carbocycles. The van der Waals surface area contributed by atoms with Crippen molar-refractivity contribution < 1.29 is 9.18 Å². The fourth-order valence-corrected chi connectivity index (χ4v) is 3.33. The van der Waals surface area contributed by atoms with E-state index in [9.17, 15) is 9.18 Å². The van der Waals surface area contributed by atoms with Gasteiger partial charge in [-0.05, 0) is 45.8 Å². The first-order valence-electron chi connectivity index (χ1n) is 7.65. The number of benzene rings is 2. The van der Waals surface area contributed by atoms with Gasteiger partial charge in [-0.3, -0.25) is 4.79 Å². The van der Waals surface area contributed by atoms with Crippen LogP contribution in [0.25, 0.3) is 0 Å². The van der Waals surface area contributed by atoms with Gasteiger partial charge in [0.25, 0.3) is 0 Å². The fraction of sp³-hybridized carbons (Fsp3) is 0.278. The largest absolute Gasteiger partial charge is 0.367 e. The van der Waals surface area contributed by atoms with Crippen molar-refractivity contribution >= 4 is 27.5 Å². The van der Waals surface area contributed by atoms with Crippen LogP contribution in [0.15, 0.2) is 53.0 Å². The third-order valence-corrected chi connectivity index (χ3v) is 4.76. The summed E-state index contributed by atoms with van der Waals surface area (Å²) in [6.45, 7) is 3.05. The van der Waals surface area contributed by atoms with E-state index in [1.807, 2.05) is 23.1 Å². The molecule has 2 aromatic carbocycles. The summed E-state index contributed by atoms with van der Waals surface area (Å²) in [4.78, 5) is 16.5. The number of piperazine rings is 1. The van der Waals surface area contributed by atoms with Gasteiger partial charge in [0.2, 0.25) is 5.91 Å². The van der Waals surface area contributed by atoms with Crippen molar-refractivity contribution in [3.8, 4) is 0 Å². The van der Waals surface area contributed by atoms with E-state index in [1.165, 1.54) is 12.1 Å². The number of amides is 1. The minimum absolute atomic E-state index is 0.100. The highest BCUT2D eigenvalue weighted by atomic mass is 79.9. The molecule has 1 fully saturated rings. The Kier molecular flexibility index (Phi) is 4.96. The number of anilines is 1. The number of carbonyl (C=O) groups is 1. The molecule has 1 aliphatic heterocycles. The standard InChI is InChI=1S/C18H18BrFN2O/c19-16-3-1-2-4-17(16)21-9-11-22(12-10-21)18(23)13-14-5-7-15(20)8-6-14/h1-8H,9-13H2. The number of hydrogen-bond acceptors (Lipinski definition) is 2. The molecule has 0 N–H and O–H groups in total. The van der Waals surface area contributed by atoms with E-state index < -0.39 is 0 Å². The van der Waals surface area contributed by atoms with Crippen molar-refractivity contribution in [1.29, 1.82) is 0 Å². The zero-order chi connectivity index (χ0) is 16.2. The number of para-hydroxylation sites is 1. The molecule has 0 atom stereocenters. The molecule has 1 heterocycles. The normalized spacial score (nSPS) is 14.9. The molecule has 0 spiro atoms. The van der Waals surface area contributed by atoms with Gasteiger partial charge < -0.3 is 9.80 Å². The molecule has 2 aromatic rings. The summed E-state index contributed by atoms with van der Waals surface area (Å²) in [5.41, 5.74) is 2.02. The highest BCUT2D eigenvalue weighted by Crippen LogP contribution is 2.26. The number of halogens is 2. The van der Waals surface area contributed by atoms with Gasteiger partial charge >= 0.3 is 0 Å². The second-order valence-electron chi connectivity index (χ2n) is 5.62. The van der Waals surface area contributed by atoms with Crippen LogP contribution in [-0.4, -0.2) is 37.0 Å². The number of nitrogens with zero attached hydrogens (tertiary/aromatic N) is 2. The summed E-state index contributed by atoms with van der Waals surface area (Å²) < 4.78 is 14.0. The van der Waals surface area contributed by atoms with E-state index in [2.05, 4.69) is 26.9 Å². The summed E-state index contributed by atoms with van der Waals surface area (Å²) in [5, 5.41) is 0. The lowest BCUT2D eigenvalue weighted by atomic mass is 10.1. The van der Waals surface area contributed by atoms with Gasteiger partial charge in [-0.25, -0.2) is 4.39 Å². The number of carbonyl (C=O) groups excluding carboxylic acids is 1. The molecule has 0 unspecified atom stereocenters. The second-order valence-corrected chi connectivity index (χ2v) is 6.48. The van der Waals surface area contributed by atoms with Gasteiger partial charge in [0.1, 0.15) is 5.82 Å². The lowest BCUT2D eigenvalue weighted by molar-refractivity contribution is -0.130. The molecule has 5 heteroatoms. The minimum Gasteiger partial charge on any atom is -0.367 e. The number of hydrogen-bond donors (Lipinski definition) is 0. The Bertz CT molecular complexity index is 682. The predicted molar refractivity (Wildman–Crippen MR) is 93.0 cm³/mol. The van der Waals surface area contributed by atoms with Crippen molar-refractivity contribution in [2.45, 2.75) is 6.42 Å². The monoisotopic (exact) mass is 376 g/mol. The van der Waals surface area contributed by atoms with E-state index in [1.54, 1.807) is 12.1 Å². The number of rotatable bonds is 3. The molecule has 0 radical (unpaired) electrons. The maximum atomic E-state index is 12.9. The van der Waals surface area contributed by atoms with E-state index in [0.29, 0.717) is 19.5 Å². The first kappa shape index (κ1) is 16.0. The van der Waals surface area contributed by atoms with Crippen LogP contribution in [0.4, 0.5) is 10.1 Å². The SMILES string of the molecule is O=C(Cc1ccc(F)cc1)N1CCN(c2ccccc2Br)CC1. The molecule has 1 aliphatic rings. The van der Waals surface area contributed by atoms with Crippen LogP contribution in [-0.2, 0) is 11.2 Å². The average molecular weight is 377 g/mol. The molecular formula is C18H18BrFN2O.